The van der Waals surface area contributed by atoms with Crippen LogP contribution in [0, 0.1) is 21.4 Å². The topological polar surface area (TPSA) is 122 Å². The summed E-state index contributed by atoms with van der Waals surface area (Å²) in [6.07, 6.45) is 4.56. The molecule has 0 unspecified atom stereocenters. The van der Waals surface area contributed by atoms with Gasteiger partial charge in [0, 0.05) is 42.7 Å². The summed E-state index contributed by atoms with van der Waals surface area (Å²) in [5, 5.41) is 22.8. The third kappa shape index (κ3) is 4.47. The molecule has 0 aliphatic rings. The van der Waals surface area contributed by atoms with Crippen LogP contribution in [0.2, 0.25) is 0 Å². The number of carbonyl (C=O) groups is 1. The highest BCUT2D eigenvalue weighted by Gasteiger charge is 2.12. The molecular formula is C20H14N4O4. The van der Waals surface area contributed by atoms with Crippen LogP contribution in [-0.4, -0.2) is 15.8 Å². The quantitative estimate of drug-likeness (QED) is 0.305. The van der Waals surface area contributed by atoms with E-state index >= 15 is 0 Å². The lowest BCUT2D eigenvalue weighted by Crippen LogP contribution is -2.23. The van der Waals surface area contributed by atoms with Gasteiger partial charge in [0.25, 0.3) is 11.6 Å². The molecule has 2 aromatic heterocycles. The molecule has 2 heterocycles. The van der Waals surface area contributed by atoms with Crippen LogP contribution in [0.15, 0.2) is 70.9 Å². The minimum Gasteiger partial charge on any atom is -0.457 e. The largest absolute Gasteiger partial charge is 0.457 e. The Morgan fingerprint density at radius 2 is 2.14 bits per heavy atom. The van der Waals surface area contributed by atoms with Crippen LogP contribution >= 0.6 is 0 Å². The Bertz CT molecular complexity index is 1080. The highest BCUT2D eigenvalue weighted by Crippen LogP contribution is 2.26. The van der Waals surface area contributed by atoms with Crippen molar-refractivity contribution in [3.05, 3.63) is 87.9 Å². The third-order valence-corrected chi connectivity index (χ3v) is 3.80. The second-order valence-electron chi connectivity index (χ2n) is 5.72. The monoisotopic (exact) mass is 374 g/mol. The van der Waals surface area contributed by atoms with Crippen molar-refractivity contribution in [2.24, 2.45) is 0 Å². The Morgan fingerprint density at radius 3 is 2.86 bits per heavy atom. The van der Waals surface area contributed by atoms with Crippen molar-refractivity contribution >= 4 is 17.7 Å². The zero-order valence-electron chi connectivity index (χ0n) is 14.5. The Labute approximate surface area is 159 Å². The Balaban J connectivity index is 1.75. The third-order valence-electron chi connectivity index (χ3n) is 3.80. The number of hydrogen-bond donors (Lipinski definition) is 1. The lowest BCUT2D eigenvalue weighted by Gasteiger charge is -2.03. The van der Waals surface area contributed by atoms with Gasteiger partial charge in [-0.25, -0.2) is 0 Å². The van der Waals surface area contributed by atoms with E-state index in [1.807, 2.05) is 6.07 Å². The molecule has 28 heavy (non-hydrogen) atoms. The number of rotatable bonds is 6. The molecule has 0 bridgehead atoms. The highest BCUT2D eigenvalue weighted by atomic mass is 16.6. The maximum absolute atomic E-state index is 12.2. The first-order valence-corrected chi connectivity index (χ1v) is 8.20. The molecule has 0 spiro atoms. The summed E-state index contributed by atoms with van der Waals surface area (Å²) >= 11 is 0. The smallest absolute Gasteiger partial charge is 0.270 e. The normalized spacial score (nSPS) is 10.9. The average molecular weight is 374 g/mol. The number of pyridine rings is 1. The SMILES string of the molecule is N#C/C(=C\c1ccc(-c2cccc([N+](=O)[O-])c2)o1)C(=O)NCc1cccnc1. The van der Waals surface area contributed by atoms with E-state index in [2.05, 4.69) is 10.3 Å². The van der Waals surface area contributed by atoms with Gasteiger partial charge in [-0.05, 0) is 23.8 Å². The van der Waals surface area contributed by atoms with Crippen LogP contribution in [0.4, 0.5) is 5.69 Å². The van der Waals surface area contributed by atoms with Crippen LogP contribution in [0.5, 0.6) is 0 Å². The minimum absolute atomic E-state index is 0.0570. The van der Waals surface area contributed by atoms with Gasteiger partial charge in [0.1, 0.15) is 23.2 Å². The summed E-state index contributed by atoms with van der Waals surface area (Å²) in [5.74, 6) is 0.136. The maximum atomic E-state index is 12.2. The molecular weight excluding hydrogens is 360 g/mol. The number of aromatic nitrogens is 1. The lowest BCUT2D eigenvalue weighted by molar-refractivity contribution is -0.384. The van der Waals surface area contributed by atoms with Crippen LogP contribution in [-0.2, 0) is 11.3 Å². The lowest BCUT2D eigenvalue weighted by atomic mass is 10.1. The zero-order chi connectivity index (χ0) is 19.9. The number of nitro groups is 1. The molecule has 0 saturated carbocycles. The van der Waals surface area contributed by atoms with Crippen molar-refractivity contribution in [3.63, 3.8) is 0 Å². The van der Waals surface area contributed by atoms with E-state index in [0.717, 1.165) is 5.56 Å². The molecule has 0 radical (unpaired) electrons. The van der Waals surface area contributed by atoms with Gasteiger partial charge < -0.3 is 9.73 Å². The minimum atomic E-state index is -0.542. The number of nitro benzene ring substituents is 1. The molecule has 138 valence electrons. The molecule has 1 amide bonds. The van der Waals surface area contributed by atoms with E-state index in [1.54, 1.807) is 48.8 Å². The average Bonchev–Trinajstić information content (AvgIpc) is 3.20. The molecule has 0 aliphatic heterocycles. The molecule has 0 fully saturated rings. The number of non-ortho nitro benzene ring substituents is 1. The van der Waals surface area contributed by atoms with Crippen LogP contribution < -0.4 is 5.32 Å². The Hall–Kier alpha value is -4.25. The molecule has 0 aliphatic carbocycles. The van der Waals surface area contributed by atoms with Crippen molar-refractivity contribution in [1.29, 1.82) is 5.26 Å². The van der Waals surface area contributed by atoms with Gasteiger partial charge >= 0.3 is 0 Å². The zero-order valence-corrected chi connectivity index (χ0v) is 14.5. The van der Waals surface area contributed by atoms with Gasteiger partial charge in [-0.15, -0.1) is 0 Å². The molecule has 8 heteroatoms. The molecule has 8 nitrogen and oxygen atoms in total. The molecule has 1 N–H and O–H groups in total. The second-order valence-corrected chi connectivity index (χ2v) is 5.72. The predicted molar refractivity (Wildman–Crippen MR) is 100 cm³/mol. The predicted octanol–water partition coefficient (Wildman–Crippen LogP) is 3.47. The first kappa shape index (κ1) is 18.5. The summed E-state index contributed by atoms with van der Waals surface area (Å²) in [5.41, 5.74) is 1.15. The van der Waals surface area contributed by atoms with E-state index in [0.29, 0.717) is 11.3 Å². The van der Waals surface area contributed by atoms with E-state index in [1.165, 1.54) is 18.2 Å². The van der Waals surface area contributed by atoms with Crippen LogP contribution in [0.1, 0.15) is 11.3 Å². The van der Waals surface area contributed by atoms with E-state index in [4.69, 9.17) is 4.42 Å². The van der Waals surface area contributed by atoms with E-state index in [9.17, 15) is 20.2 Å². The summed E-state index contributed by atoms with van der Waals surface area (Å²) in [7, 11) is 0. The summed E-state index contributed by atoms with van der Waals surface area (Å²) in [6, 6.07) is 14.6. The fourth-order valence-electron chi connectivity index (χ4n) is 2.43. The molecule has 0 saturated heterocycles. The number of carbonyl (C=O) groups excluding carboxylic acids is 1. The number of nitrogens with one attached hydrogen (secondary N) is 1. The molecule has 3 rings (SSSR count). The van der Waals surface area contributed by atoms with Gasteiger partial charge in [0.2, 0.25) is 0 Å². The van der Waals surface area contributed by atoms with Gasteiger partial charge in [0.05, 0.1) is 4.92 Å². The number of hydrogen-bond acceptors (Lipinski definition) is 6. The standard InChI is InChI=1S/C20H14N4O4/c21-11-16(20(25)23-13-14-3-2-8-22-12-14)10-18-6-7-19(28-18)15-4-1-5-17(9-15)24(26)27/h1-10,12H,13H2,(H,23,25)/b16-10+. The molecule has 3 aromatic rings. The van der Waals surface area contributed by atoms with Crippen molar-refractivity contribution in [3.8, 4) is 17.4 Å². The van der Waals surface area contributed by atoms with Crippen molar-refractivity contribution < 1.29 is 14.1 Å². The number of benzene rings is 1. The second kappa shape index (κ2) is 8.42. The van der Waals surface area contributed by atoms with Crippen LogP contribution in [0.25, 0.3) is 17.4 Å². The number of nitrogens with zero attached hydrogens (tertiary/aromatic N) is 3. The fraction of sp³-hybridized carbons (Fsp3) is 0.0500. The van der Waals surface area contributed by atoms with Gasteiger partial charge in [-0.3, -0.25) is 19.9 Å². The van der Waals surface area contributed by atoms with Crippen molar-refractivity contribution in [2.75, 3.05) is 0 Å². The Morgan fingerprint density at radius 1 is 1.29 bits per heavy atom. The highest BCUT2D eigenvalue weighted by molar-refractivity contribution is 6.01. The van der Waals surface area contributed by atoms with Crippen LogP contribution in [0.3, 0.4) is 0 Å². The summed E-state index contributed by atoms with van der Waals surface area (Å²) < 4.78 is 5.61. The fourth-order valence-corrected chi connectivity index (χ4v) is 2.43. The number of amides is 1. The maximum Gasteiger partial charge on any atom is 0.270 e. The van der Waals surface area contributed by atoms with Gasteiger partial charge in [-0.1, -0.05) is 18.2 Å². The van der Waals surface area contributed by atoms with Crippen molar-refractivity contribution in [1.82, 2.24) is 10.3 Å². The van der Waals surface area contributed by atoms with E-state index < -0.39 is 10.8 Å². The molecule has 1 aromatic carbocycles. The van der Waals surface area contributed by atoms with Crippen molar-refractivity contribution in [2.45, 2.75) is 6.54 Å². The van der Waals surface area contributed by atoms with Gasteiger partial charge in [0.15, 0.2) is 0 Å². The first-order valence-electron chi connectivity index (χ1n) is 8.20. The van der Waals surface area contributed by atoms with Gasteiger partial charge in [-0.2, -0.15) is 5.26 Å². The molecule has 0 atom stereocenters. The first-order chi connectivity index (χ1) is 13.6. The number of nitriles is 1. The van der Waals surface area contributed by atoms with E-state index in [-0.39, 0.29) is 23.6 Å². The Kier molecular flexibility index (Phi) is 5.58. The summed E-state index contributed by atoms with van der Waals surface area (Å²) in [4.78, 5) is 26.6. The summed E-state index contributed by atoms with van der Waals surface area (Å²) in [6.45, 7) is 0.239. The number of furan rings is 1.